The van der Waals surface area contributed by atoms with Crippen molar-refractivity contribution in [3.63, 3.8) is 0 Å². The van der Waals surface area contributed by atoms with Crippen molar-refractivity contribution >= 4 is 44.5 Å². The van der Waals surface area contributed by atoms with Crippen molar-refractivity contribution in [2.75, 3.05) is 91.2 Å². The van der Waals surface area contributed by atoms with Gasteiger partial charge in [-0.05, 0) is 137 Å². The number of methoxy groups -OCH3 is 1. The van der Waals surface area contributed by atoms with E-state index in [2.05, 4.69) is 48.2 Å². The number of aromatic nitrogens is 2. The zero-order chi connectivity index (χ0) is 63.9. The van der Waals surface area contributed by atoms with E-state index in [1.54, 1.807) is 55.3 Å². The lowest BCUT2D eigenvalue weighted by atomic mass is 9.83. The van der Waals surface area contributed by atoms with E-state index in [1.165, 1.54) is 37.0 Å². The second kappa shape index (κ2) is 32.3. The number of sulfone groups is 1. The van der Waals surface area contributed by atoms with Gasteiger partial charge < -0.3 is 45.4 Å². The Kier molecular flexibility index (Phi) is 23.8. The Bertz CT molecular complexity index is 3380. The summed E-state index contributed by atoms with van der Waals surface area (Å²) >= 11 is 0. The molecule has 3 saturated heterocycles. The second-order valence-electron chi connectivity index (χ2n) is 25.8. The molecule has 4 fully saturated rings. The molecule has 91 heavy (non-hydrogen) atoms. The lowest BCUT2D eigenvalue weighted by Crippen LogP contribution is -2.58. The predicted molar refractivity (Wildman–Crippen MR) is 350 cm³/mol. The van der Waals surface area contributed by atoms with Gasteiger partial charge in [-0.1, -0.05) is 87.8 Å². The number of ether oxygens (including phenoxy) is 2. The van der Waals surface area contributed by atoms with Crippen LogP contribution in [0.25, 0.3) is 33.4 Å². The van der Waals surface area contributed by atoms with Crippen LogP contribution < -0.4 is 30.7 Å². The first kappa shape index (κ1) is 67.2. The maximum absolute atomic E-state index is 15.6. The molecule has 10 rings (SSSR count). The molecule has 492 valence electrons. The van der Waals surface area contributed by atoms with E-state index in [-0.39, 0.29) is 84.9 Å². The smallest absolute Gasteiger partial charge is 0.246 e. The molecule has 4 heterocycles. The highest BCUT2D eigenvalue weighted by molar-refractivity contribution is 7.91. The number of hydrogen-bond acceptors (Lipinski definition) is 14. The second-order valence-corrected chi connectivity index (χ2v) is 28.1. The number of halogens is 2. The standard InChI is InChI=1S/C70H94F2N10O8S/c1-48(73-2)68(84)78-66(50-20-10-9-11-21-50)70(86)82-46-53(44-62(82)69(85)77-59-25-16-22-49-19-13-14-23-54(49)59)75-65(83)27-12-7-5-4-6-8-15-30-79-32-34-80(35-33-79)31-18-38-90-63-29-28-51(43-64(63)89-3)61-45-74-60-26-17-24-55(67(60)76-61)52-41-57(71)56(58(72)42-52)47-81-36-39-91(87,88)40-37-81/h13-14,17,19,23-24,26,28-29,41-43,45,48,50,53,59,62,66,73H,4-12,15-16,18,20-22,25,27,30-40,44,46-47H2,1-3H3,(H,75,83)(H,77,85)(H,78,84)/t48-,53-,59+,62-,66-/m0/s1. The largest absolute Gasteiger partial charge is 0.493 e. The van der Waals surface area contributed by atoms with Crippen LogP contribution in [0.2, 0.25) is 0 Å². The molecule has 1 saturated carbocycles. The molecule has 21 heteroatoms. The van der Waals surface area contributed by atoms with Gasteiger partial charge in [-0.15, -0.1) is 0 Å². The molecule has 0 spiro atoms. The van der Waals surface area contributed by atoms with Gasteiger partial charge in [-0.25, -0.2) is 22.2 Å². The van der Waals surface area contributed by atoms with Gasteiger partial charge in [0, 0.05) is 88.1 Å². The number of rotatable bonds is 28. The molecule has 2 aliphatic carbocycles. The Hall–Kier alpha value is -6.65. The summed E-state index contributed by atoms with van der Waals surface area (Å²) < 4.78 is 67.0. The van der Waals surface area contributed by atoms with Crippen LogP contribution in [0.5, 0.6) is 11.5 Å². The van der Waals surface area contributed by atoms with Gasteiger partial charge in [0.2, 0.25) is 23.6 Å². The summed E-state index contributed by atoms with van der Waals surface area (Å²) in [6.07, 6.45) is 18.2. The minimum atomic E-state index is -3.12. The Morgan fingerprint density at radius 1 is 0.736 bits per heavy atom. The van der Waals surface area contributed by atoms with Crippen LogP contribution in [0, 0.1) is 17.6 Å². The Morgan fingerprint density at radius 3 is 2.16 bits per heavy atom. The third-order valence-electron chi connectivity index (χ3n) is 19.5. The molecular weight excluding hydrogens is 1180 g/mol. The molecule has 5 aliphatic rings. The minimum Gasteiger partial charge on any atom is -0.493 e. The highest BCUT2D eigenvalue weighted by atomic mass is 32.2. The molecule has 18 nitrogen and oxygen atoms in total. The number of likely N-dealkylation sites (tertiary alicyclic amines) is 1. The summed E-state index contributed by atoms with van der Waals surface area (Å²) in [5, 5.41) is 12.6. The van der Waals surface area contributed by atoms with Crippen molar-refractivity contribution in [1.29, 1.82) is 0 Å². The minimum absolute atomic E-state index is 0.0163. The zero-order valence-corrected chi connectivity index (χ0v) is 54.3. The lowest BCUT2D eigenvalue weighted by Gasteiger charge is -2.35. The number of fused-ring (bicyclic) bond motifs is 2. The summed E-state index contributed by atoms with van der Waals surface area (Å²) in [7, 11) is 0.197. The quantitative estimate of drug-likeness (QED) is 0.0345. The summed E-state index contributed by atoms with van der Waals surface area (Å²) in [5.74, 6) is -1.05. The van der Waals surface area contributed by atoms with Crippen molar-refractivity contribution in [2.45, 2.75) is 159 Å². The van der Waals surface area contributed by atoms with Gasteiger partial charge in [0.15, 0.2) is 21.3 Å². The number of aryl methyl sites for hydroxylation is 1. The molecule has 0 radical (unpaired) electrons. The van der Waals surface area contributed by atoms with E-state index in [1.807, 2.05) is 30.3 Å². The lowest BCUT2D eigenvalue weighted by molar-refractivity contribution is -0.143. The number of nitrogens with one attached hydrogen (secondary N) is 4. The molecule has 4 amide bonds. The van der Waals surface area contributed by atoms with Crippen molar-refractivity contribution in [2.24, 2.45) is 5.92 Å². The van der Waals surface area contributed by atoms with Gasteiger partial charge in [-0.2, -0.15) is 0 Å². The summed E-state index contributed by atoms with van der Waals surface area (Å²) in [4.78, 5) is 73.9. The van der Waals surface area contributed by atoms with Crippen molar-refractivity contribution in [3.05, 3.63) is 107 Å². The number of para-hydroxylation sites is 1. The Labute approximate surface area is 536 Å². The van der Waals surface area contributed by atoms with Crippen molar-refractivity contribution in [3.8, 4) is 33.9 Å². The topological polar surface area (TPSA) is 208 Å². The molecule has 5 aromatic rings. The average Bonchev–Trinajstić information content (AvgIpc) is 1.88. The Balaban J connectivity index is 0.610. The molecule has 1 aromatic heterocycles. The number of benzene rings is 4. The van der Waals surface area contributed by atoms with E-state index in [4.69, 9.17) is 14.5 Å². The number of piperazine rings is 1. The van der Waals surface area contributed by atoms with Gasteiger partial charge >= 0.3 is 0 Å². The highest BCUT2D eigenvalue weighted by Gasteiger charge is 2.45. The van der Waals surface area contributed by atoms with Crippen LogP contribution in [0.1, 0.15) is 139 Å². The van der Waals surface area contributed by atoms with Crippen LogP contribution in [0.15, 0.2) is 79.0 Å². The van der Waals surface area contributed by atoms with Crippen LogP contribution >= 0.6 is 0 Å². The van der Waals surface area contributed by atoms with Crippen LogP contribution in [0.3, 0.4) is 0 Å². The average molecular weight is 1270 g/mol. The summed E-state index contributed by atoms with van der Waals surface area (Å²) in [6, 6.07) is 19.3. The molecule has 3 aliphatic heterocycles. The van der Waals surface area contributed by atoms with Crippen molar-refractivity contribution in [1.82, 2.24) is 50.8 Å². The SMILES string of the molecule is CN[C@@H](C)C(=O)N[C@H](C(=O)N1C[C@@H](NC(=O)CCCCCCCCCN2CCN(CCCOc3ccc(-c4cnc5cccc(-c6cc(F)c(CN7CCS(=O)(=O)CC7)c(F)c6)c5n4)cc3OC)CC2)C[C@H]1C(=O)N[C@@H]1CCCc2ccccc21)C1CCCCC1. The number of carbonyl (C=O) groups is 4. The van der Waals surface area contributed by atoms with Gasteiger partial charge in [0.1, 0.15) is 23.7 Å². The highest BCUT2D eigenvalue weighted by Crippen LogP contribution is 2.37. The number of likely N-dealkylation sites (N-methyl/N-ethyl adjacent to an activating group) is 1. The fourth-order valence-corrected chi connectivity index (χ4v) is 15.2. The first-order chi connectivity index (χ1) is 44.1. The van der Waals surface area contributed by atoms with E-state index in [0.717, 1.165) is 134 Å². The van der Waals surface area contributed by atoms with Crippen molar-refractivity contribution < 1.29 is 45.9 Å². The maximum Gasteiger partial charge on any atom is 0.246 e. The molecule has 4 aromatic carbocycles. The van der Waals surface area contributed by atoms with E-state index >= 15 is 8.78 Å². The van der Waals surface area contributed by atoms with Crippen LogP contribution in [-0.2, 0) is 42.0 Å². The number of hydrogen-bond donors (Lipinski definition) is 4. The zero-order valence-electron chi connectivity index (χ0n) is 53.5. The fourth-order valence-electron chi connectivity index (χ4n) is 13.9. The number of amides is 4. The van der Waals surface area contributed by atoms with Crippen LogP contribution in [0.4, 0.5) is 8.78 Å². The number of unbranched alkanes of at least 4 members (excludes halogenated alkanes) is 6. The Morgan fingerprint density at radius 2 is 1.44 bits per heavy atom. The van der Waals surface area contributed by atoms with Gasteiger partial charge in [0.05, 0.1) is 60.2 Å². The van der Waals surface area contributed by atoms with E-state index < -0.39 is 39.6 Å². The first-order valence-corrected chi connectivity index (χ1v) is 35.3. The molecule has 5 atom stereocenters. The number of nitrogens with zero attached hydrogens (tertiary/aromatic N) is 6. The van der Waals surface area contributed by atoms with Gasteiger partial charge in [-0.3, -0.25) is 29.1 Å². The summed E-state index contributed by atoms with van der Waals surface area (Å²) in [6.45, 7) is 9.12. The maximum atomic E-state index is 15.6. The van der Waals surface area contributed by atoms with Crippen LogP contribution in [-0.4, -0.2) is 177 Å². The normalized spacial score (nSPS) is 20.6. The van der Waals surface area contributed by atoms with Gasteiger partial charge in [0.25, 0.3) is 0 Å². The monoisotopic (exact) mass is 1270 g/mol. The predicted octanol–water partition coefficient (Wildman–Crippen LogP) is 8.94. The third-order valence-corrected chi connectivity index (χ3v) is 21.1. The summed E-state index contributed by atoms with van der Waals surface area (Å²) in [5.41, 5.74) is 5.48. The van der Waals surface area contributed by atoms with E-state index in [0.29, 0.717) is 58.8 Å². The molecule has 4 N–H and O–H groups in total. The number of carbonyl (C=O) groups excluding carboxylic acids is 4. The van der Waals surface area contributed by atoms with E-state index in [9.17, 15) is 27.6 Å². The molecule has 0 unspecified atom stereocenters. The fraction of sp³-hybridized carbons (Fsp3) is 0.571. The molecular formula is C70H94F2N10O8S. The first-order valence-electron chi connectivity index (χ1n) is 33.5. The third kappa shape index (κ3) is 17.9. The molecule has 0 bridgehead atoms.